The Kier molecular flexibility index (Phi) is 7.66. The van der Waals surface area contributed by atoms with E-state index in [1.54, 1.807) is 27.0 Å². The highest BCUT2D eigenvalue weighted by Gasteiger charge is 2.33. The molecule has 0 saturated carbocycles. The maximum Gasteiger partial charge on any atom is 0.481 e. The van der Waals surface area contributed by atoms with Crippen molar-refractivity contribution in [2.45, 2.75) is 39.8 Å². The van der Waals surface area contributed by atoms with Crippen LogP contribution in [0.2, 0.25) is 0 Å². The number of thiazole rings is 1. The second-order valence-electron chi connectivity index (χ2n) is 6.16. The first kappa shape index (κ1) is 24.0. The van der Waals surface area contributed by atoms with Crippen molar-refractivity contribution in [3.8, 4) is 0 Å². The van der Waals surface area contributed by atoms with Crippen LogP contribution >= 0.6 is 27.0 Å². The van der Waals surface area contributed by atoms with Crippen molar-refractivity contribution < 1.29 is 42.3 Å². The number of phosphoric acid groups is 2. The first-order chi connectivity index (χ1) is 13.3. The van der Waals surface area contributed by atoms with Crippen LogP contribution < -0.4 is 10.3 Å². The summed E-state index contributed by atoms with van der Waals surface area (Å²) < 4.78 is 32.4. The molecule has 0 aliphatic heterocycles. The van der Waals surface area contributed by atoms with Crippen LogP contribution in [-0.2, 0) is 30.9 Å². The number of nitrogens with two attached hydrogens (primary N) is 1. The largest absolute Gasteiger partial charge is 0.481 e. The van der Waals surface area contributed by atoms with E-state index in [2.05, 4.69) is 18.8 Å². The Morgan fingerprint density at radius 2 is 1.97 bits per heavy atom. The van der Waals surface area contributed by atoms with Crippen molar-refractivity contribution in [2.24, 2.45) is 0 Å². The van der Waals surface area contributed by atoms with Gasteiger partial charge in [-0.05, 0) is 13.8 Å². The van der Waals surface area contributed by atoms with E-state index in [0.717, 1.165) is 10.6 Å². The Hall–Kier alpha value is -1.27. The van der Waals surface area contributed by atoms with Gasteiger partial charge >= 0.3 is 15.6 Å². The predicted octanol–water partition coefficient (Wildman–Crippen LogP) is 0.895. The third kappa shape index (κ3) is 6.88. The van der Waals surface area contributed by atoms with E-state index in [1.165, 1.54) is 11.3 Å². The number of aliphatic hydroxyl groups is 1. The summed E-state index contributed by atoms with van der Waals surface area (Å²) in [6.07, 6.45) is 0.971. The lowest BCUT2D eigenvalue weighted by molar-refractivity contribution is -0.699. The van der Waals surface area contributed by atoms with Crippen molar-refractivity contribution in [2.75, 3.05) is 12.3 Å². The van der Waals surface area contributed by atoms with Gasteiger partial charge in [0, 0.05) is 19.5 Å². The zero-order chi connectivity index (χ0) is 22.0. The summed E-state index contributed by atoms with van der Waals surface area (Å²) in [6.45, 7) is 5.11. The summed E-state index contributed by atoms with van der Waals surface area (Å²) in [5.74, 6) is 0.866. The van der Waals surface area contributed by atoms with Gasteiger partial charge in [0.2, 0.25) is 0 Å². The molecule has 15 heteroatoms. The van der Waals surface area contributed by atoms with E-state index in [0.29, 0.717) is 28.8 Å². The zero-order valence-corrected chi connectivity index (χ0v) is 18.5. The van der Waals surface area contributed by atoms with E-state index >= 15 is 0 Å². The number of aromatic nitrogens is 3. The normalized spacial score (nSPS) is 15.3. The van der Waals surface area contributed by atoms with Crippen LogP contribution in [0.25, 0.3) is 0 Å². The topological polar surface area (TPSA) is 189 Å². The Balaban J connectivity index is 2.19. The molecule has 29 heavy (non-hydrogen) atoms. The van der Waals surface area contributed by atoms with Crippen molar-refractivity contribution in [1.29, 1.82) is 0 Å². The van der Waals surface area contributed by atoms with Crippen LogP contribution in [-0.4, -0.2) is 36.4 Å². The standard InChI is InChI=1S/C14H22N4O8P2S/c1-8-12(4-5-25-28(23,24)26-27(20,21)22)29-14(9(2)19)18(8)7-11-6-16-10(3)17-13(11)15/h6,9,19H,4-5,7H2,1-3H3,(H4-,15,16,17,20,21,22,23,24)/p+1/t9-/m0/s1. The molecule has 0 saturated heterocycles. The van der Waals surface area contributed by atoms with E-state index in [-0.39, 0.29) is 13.0 Å². The summed E-state index contributed by atoms with van der Waals surface area (Å²) in [5, 5.41) is 10.7. The highest BCUT2D eigenvalue weighted by molar-refractivity contribution is 7.60. The maximum absolute atomic E-state index is 11.5. The second-order valence-corrected chi connectivity index (χ2v) is 10.1. The number of aryl methyl sites for hydroxylation is 1. The number of hydrogen-bond acceptors (Lipinski definition) is 9. The molecule has 2 aromatic heterocycles. The van der Waals surface area contributed by atoms with Crippen LogP contribution in [0.3, 0.4) is 0 Å². The molecule has 0 spiro atoms. The van der Waals surface area contributed by atoms with Crippen molar-refractivity contribution >= 4 is 32.8 Å². The van der Waals surface area contributed by atoms with Crippen molar-refractivity contribution in [1.82, 2.24) is 9.97 Å². The van der Waals surface area contributed by atoms with Gasteiger partial charge in [-0.25, -0.2) is 19.1 Å². The van der Waals surface area contributed by atoms with E-state index in [1.807, 2.05) is 4.57 Å². The molecule has 2 aromatic rings. The number of rotatable bonds is 9. The van der Waals surface area contributed by atoms with Crippen LogP contribution in [0.4, 0.5) is 5.82 Å². The van der Waals surface area contributed by atoms with Gasteiger partial charge in [-0.3, -0.25) is 4.52 Å². The highest BCUT2D eigenvalue weighted by Crippen LogP contribution is 2.57. The molecule has 0 fully saturated rings. The molecule has 162 valence electrons. The van der Waals surface area contributed by atoms with Crippen LogP contribution in [0.15, 0.2) is 6.20 Å². The fourth-order valence-corrected chi connectivity index (χ4v) is 5.29. The molecule has 0 radical (unpaired) electrons. The minimum atomic E-state index is -5.17. The molecule has 0 aliphatic rings. The van der Waals surface area contributed by atoms with Gasteiger partial charge in [-0.2, -0.15) is 8.88 Å². The first-order valence-corrected chi connectivity index (χ1v) is 12.2. The van der Waals surface area contributed by atoms with Gasteiger partial charge in [0.25, 0.3) is 5.01 Å². The smallest absolute Gasteiger partial charge is 0.383 e. The molecule has 1 unspecified atom stereocenters. The lowest BCUT2D eigenvalue weighted by Gasteiger charge is -2.11. The Labute approximate surface area is 170 Å². The van der Waals surface area contributed by atoms with Crippen LogP contribution in [0.5, 0.6) is 0 Å². The molecule has 12 nitrogen and oxygen atoms in total. The molecule has 6 N–H and O–H groups in total. The van der Waals surface area contributed by atoms with Gasteiger partial charge in [-0.15, -0.1) is 0 Å². The van der Waals surface area contributed by atoms with Crippen molar-refractivity contribution in [3.05, 3.63) is 33.2 Å². The third-order valence-corrected chi connectivity index (χ3v) is 7.50. The molecule has 0 aromatic carbocycles. The second kappa shape index (κ2) is 9.25. The van der Waals surface area contributed by atoms with Gasteiger partial charge < -0.3 is 25.5 Å². The van der Waals surface area contributed by atoms with Gasteiger partial charge in [-0.1, -0.05) is 11.3 Å². The number of nitrogen functional groups attached to an aromatic ring is 1. The number of phosphoric ester groups is 1. The SMILES string of the molecule is Cc1ncc(C[n+]2c([C@H](C)O)sc(CCOP(=O)(O)OP(=O)(O)O)c2C)c(N)n1. The minimum Gasteiger partial charge on any atom is -0.383 e. The fraction of sp³-hybridized carbons (Fsp3) is 0.500. The average molecular weight is 469 g/mol. The Bertz CT molecular complexity index is 977. The quantitative estimate of drug-likeness (QED) is 0.259. The van der Waals surface area contributed by atoms with E-state index < -0.39 is 21.7 Å². The van der Waals surface area contributed by atoms with Crippen LogP contribution in [0, 0.1) is 13.8 Å². The zero-order valence-electron chi connectivity index (χ0n) is 15.9. The molecule has 2 rings (SSSR count). The number of hydrogen-bond donors (Lipinski definition) is 5. The predicted molar refractivity (Wildman–Crippen MR) is 103 cm³/mol. The molecule has 0 aliphatic carbocycles. The molecular weight excluding hydrogens is 446 g/mol. The molecular formula is C14H23N4O8P2S+. The summed E-state index contributed by atoms with van der Waals surface area (Å²) in [4.78, 5) is 35.6. The van der Waals surface area contributed by atoms with Crippen molar-refractivity contribution in [3.63, 3.8) is 0 Å². The summed E-state index contributed by atoms with van der Waals surface area (Å²) in [6, 6.07) is 0. The fourth-order valence-electron chi connectivity index (χ4n) is 2.53. The summed E-state index contributed by atoms with van der Waals surface area (Å²) >= 11 is 1.27. The minimum absolute atomic E-state index is 0.151. The Morgan fingerprint density at radius 1 is 1.31 bits per heavy atom. The third-order valence-electron chi connectivity index (χ3n) is 3.80. The first-order valence-electron chi connectivity index (χ1n) is 8.31. The molecule has 0 bridgehead atoms. The highest BCUT2D eigenvalue weighted by atomic mass is 32.1. The van der Waals surface area contributed by atoms with E-state index in [9.17, 15) is 19.1 Å². The van der Waals surface area contributed by atoms with Gasteiger partial charge in [0.1, 0.15) is 17.7 Å². The van der Waals surface area contributed by atoms with E-state index in [4.69, 9.17) is 15.5 Å². The molecule has 2 atom stereocenters. The van der Waals surface area contributed by atoms with Crippen LogP contribution in [0.1, 0.15) is 40.0 Å². The summed E-state index contributed by atoms with van der Waals surface area (Å²) in [5.41, 5.74) is 7.38. The number of aliphatic hydroxyl groups excluding tert-OH is 1. The van der Waals surface area contributed by atoms with Gasteiger partial charge in [0.05, 0.1) is 17.0 Å². The summed E-state index contributed by atoms with van der Waals surface area (Å²) in [7, 11) is -10.1. The average Bonchev–Trinajstić information content (AvgIpc) is 2.84. The number of nitrogens with zero attached hydrogens (tertiary/aromatic N) is 3. The van der Waals surface area contributed by atoms with Gasteiger partial charge in [0.15, 0.2) is 12.2 Å². The lowest BCUT2D eigenvalue weighted by Crippen LogP contribution is -2.40. The molecule has 0 amide bonds. The lowest BCUT2D eigenvalue weighted by atomic mass is 10.2. The Morgan fingerprint density at radius 3 is 2.52 bits per heavy atom. The monoisotopic (exact) mass is 469 g/mol. The maximum atomic E-state index is 11.5. The number of anilines is 1. The molecule has 2 heterocycles.